The Hall–Kier alpha value is -3.83. The third-order valence-electron chi connectivity index (χ3n) is 5.94. The number of aromatic nitrogens is 3. The Balaban J connectivity index is 1.39. The van der Waals surface area contributed by atoms with Crippen LogP contribution in [-0.2, 0) is 6.54 Å². The third kappa shape index (κ3) is 3.57. The highest BCUT2D eigenvalue weighted by atomic mass is 19.1. The van der Waals surface area contributed by atoms with Gasteiger partial charge in [-0.2, -0.15) is 5.26 Å². The van der Waals surface area contributed by atoms with Gasteiger partial charge in [-0.3, -0.25) is 14.7 Å². The molecule has 32 heavy (non-hydrogen) atoms. The zero-order chi connectivity index (χ0) is 22.2. The monoisotopic (exact) mass is 428 g/mol. The van der Waals surface area contributed by atoms with Gasteiger partial charge >= 0.3 is 0 Å². The van der Waals surface area contributed by atoms with Gasteiger partial charge < -0.3 is 9.88 Å². The quantitative estimate of drug-likeness (QED) is 0.539. The number of aryl methyl sites for hydroxylation is 1. The average molecular weight is 428 g/mol. The molecular formula is C24H21FN6O. The fourth-order valence-electron chi connectivity index (χ4n) is 4.40. The van der Waals surface area contributed by atoms with Crippen LogP contribution in [0.5, 0.6) is 0 Å². The lowest BCUT2D eigenvalue weighted by atomic mass is 10.0. The number of pyridine rings is 1. The largest absolute Gasteiger partial charge is 0.367 e. The summed E-state index contributed by atoms with van der Waals surface area (Å²) in [6.07, 6.45) is 1.57. The Bertz CT molecular complexity index is 1430. The zero-order valence-electron chi connectivity index (χ0n) is 17.6. The van der Waals surface area contributed by atoms with Crippen molar-refractivity contribution >= 4 is 27.5 Å². The number of benzene rings is 2. The Morgan fingerprint density at radius 2 is 1.94 bits per heavy atom. The molecule has 160 valence electrons. The molecule has 0 amide bonds. The Morgan fingerprint density at radius 1 is 1.16 bits per heavy atom. The van der Waals surface area contributed by atoms with Gasteiger partial charge in [0.15, 0.2) is 0 Å². The number of fused-ring (bicyclic) bond motifs is 2. The van der Waals surface area contributed by atoms with Gasteiger partial charge in [-0.05, 0) is 36.8 Å². The number of para-hydroxylation sites is 1. The van der Waals surface area contributed by atoms with Crippen LogP contribution in [0.15, 0.2) is 47.4 Å². The van der Waals surface area contributed by atoms with E-state index in [2.05, 4.69) is 30.8 Å². The molecule has 0 aliphatic carbocycles. The summed E-state index contributed by atoms with van der Waals surface area (Å²) >= 11 is 0. The minimum absolute atomic E-state index is 0.136. The summed E-state index contributed by atoms with van der Waals surface area (Å²) in [5.41, 5.74) is 3.18. The highest BCUT2D eigenvalue weighted by molar-refractivity contribution is 5.96. The van der Waals surface area contributed by atoms with Crippen molar-refractivity contribution in [1.29, 1.82) is 5.26 Å². The number of nitrogens with one attached hydrogen (secondary N) is 1. The van der Waals surface area contributed by atoms with Gasteiger partial charge in [0.25, 0.3) is 5.56 Å². The van der Waals surface area contributed by atoms with Gasteiger partial charge in [-0.15, -0.1) is 0 Å². The van der Waals surface area contributed by atoms with Crippen molar-refractivity contribution in [3.8, 4) is 6.07 Å². The van der Waals surface area contributed by atoms with Crippen molar-refractivity contribution < 1.29 is 4.39 Å². The zero-order valence-corrected chi connectivity index (χ0v) is 17.6. The van der Waals surface area contributed by atoms with Crippen molar-refractivity contribution in [2.24, 2.45) is 0 Å². The molecule has 3 heterocycles. The molecule has 8 heteroatoms. The molecule has 0 unspecified atom stereocenters. The van der Waals surface area contributed by atoms with Crippen LogP contribution in [0, 0.1) is 24.1 Å². The summed E-state index contributed by atoms with van der Waals surface area (Å²) in [7, 11) is 0. The lowest BCUT2D eigenvalue weighted by molar-refractivity contribution is 0.244. The van der Waals surface area contributed by atoms with E-state index >= 15 is 0 Å². The number of H-pyrrole nitrogens is 1. The van der Waals surface area contributed by atoms with Gasteiger partial charge in [-0.25, -0.2) is 9.37 Å². The highest BCUT2D eigenvalue weighted by Crippen LogP contribution is 2.32. The molecule has 4 aromatic rings. The molecule has 0 atom stereocenters. The molecule has 0 radical (unpaired) electrons. The Morgan fingerprint density at radius 3 is 2.72 bits per heavy atom. The number of hydrogen-bond acceptors (Lipinski definition) is 6. The summed E-state index contributed by atoms with van der Waals surface area (Å²) in [6.45, 7) is 5.13. The number of nitriles is 1. The molecule has 2 aromatic carbocycles. The number of nitrogens with zero attached hydrogens (tertiary/aromatic N) is 5. The van der Waals surface area contributed by atoms with E-state index in [1.54, 1.807) is 12.3 Å². The number of anilines is 1. The molecule has 0 spiro atoms. The number of aromatic amines is 1. The van der Waals surface area contributed by atoms with E-state index in [0.29, 0.717) is 52.8 Å². The lowest BCUT2D eigenvalue weighted by Crippen LogP contribution is -2.46. The predicted octanol–water partition coefficient (Wildman–Crippen LogP) is 3.11. The fourth-order valence-corrected chi connectivity index (χ4v) is 4.40. The SMILES string of the molecule is Cc1cc(F)cc2c(N3CCN(Cc4nc5ccccc5c(=O)[nH]4)CC3)c(C#N)cnc12. The van der Waals surface area contributed by atoms with E-state index in [4.69, 9.17) is 0 Å². The van der Waals surface area contributed by atoms with Crippen molar-refractivity contribution in [2.75, 3.05) is 31.1 Å². The van der Waals surface area contributed by atoms with Crippen LogP contribution in [0.1, 0.15) is 17.0 Å². The van der Waals surface area contributed by atoms with E-state index in [9.17, 15) is 14.4 Å². The summed E-state index contributed by atoms with van der Waals surface area (Å²) in [5.74, 6) is 0.296. The maximum absolute atomic E-state index is 14.2. The Labute approximate surface area is 183 Å². The maximum atomic E-state index is 14.2. The highest BCUT2D eigenvalue weighted by Gasteiger charge is 2.23. The normalized spacial score (nSPS) is 14.7. The number of halogens is 1. The van der Waals surface area contributed by atoms with E-state index in [1.165, 1.54) is 12.1 Å². The van der Waals surface area contributed by atoms with Gasteiger partial charge in [0, 0.05) is 37.8 Å². The third-order valence-corrected chi connectivity index (χ3v) is 5.94. The van der Waals surface area contributed by atoms with Crippen molar-refractivity contribution in [2.45, 2.75) is 13.5 Å². The van der Waals surface area contributed by atoms with Crippen molar-refractivity contribution in [3.63, 3.8) is 0 Å². The average Bonchev–Trinajstić information content (AvgIpc) is 2.79. The lowest BCUT2D eigenvalue weighted by Gasteiger charge is -2.36. The van der Waals surface area contributed by atoms with Crippen LogP contribution in [-0.4, -0.2) is 46.0 Å². The number of hydrogen-bond donors (Lipinski definition) is 1. The van der Waals surface area contributed by atoms with Crippen LogP contribution >= 0.6 is 0 Å². The molecule has 1 aliphatic heterocycles. The summed E-state index contributed by atoms with van der Waals surface area (Å²) in [4.78, 5) is 28.5. The van der Waals surface area contributed by atoms with E-state index < -0.39 is 0 Å². The second kappa shape index (κ2) is 8.02. The van der Waals surface area contributed by atoms with Crippen LogP contribution in [0.4, 0.5) is 10.1 Å². The topological polar surface area (TPSA) is 88.9 Å². The van der Waals surface area contributed by atoms with Crippen LogP contribution in [0.3, 0.4) is 0 Å². The number of piperazine rings is 1. The summed E-state index contributed by atoms with van der Waals surface area (Å²) in [6, 6.07) is 12.4. The van der Waals surface area contributed by atoms with Gasteiger partial charge in [0.1, 0.15) is 17.7 Å². The molecule has 7 nitrogen and oxygen atoms in total. The van der Waals surface area contributed by atoms with Gasteiger partial charge in [0.2, 0.25) is 0 Å². The fraction of sp³-hybridized carbons (Fsp3) is 0.250. The summed E-state index contributed by atoms with van der Waals surface area (Å²) < 4.78 is 14.2. The molecule has 1 fully saturated rings. The molecule has 0 saturated carbocycles. The first-order valence-electron chi connectivity index (χ1n) is 10.5. The van der Waals surface area contributed by atoms with Crippen LogP contribution in [0.25, 0.3) is 21.8 Å². The smallest absolute Gasteiger partial charge is 0.258 e. The van der Waals surface area contributed by atoms with Gasteiger partial charge in [-0.1, -0.05) is 12.1 Å². The van der Waals surface area contributed by atoms with E-state index in [1.807, 2.05) is 25.1 Å². The second-order valence-corrected chi connectivity index (χ2v) is 8.04. The van der Waals surface area contributed by atoms with Crippen molar-refractivity contribution in [3.05, 3.63) is 75.7 Å². The molecule has 1 N–H and O–H groups in total. The number of rotatable bonds is 3. The van der Waals surface area contributed by atoms with E-state index in [0.717, 1.165) is 24.3 Å². The predicted molar refractivity (Wildman–Crippen MR) is 121 cm³/mol. The van der Waals surface area contributed by atoms with Crippen molar-refractivity contribution in [1.82, 2.24) is 19.9 Å². The molecular weight excluding hydrogens is 407 g/mol. The first kappa shape index (κ1) is 20.1. The second-order valence-electron chi connectivity index (χ2n) is 8.04. The molecule has 2 aromatic heterocycles. The van der Waals surface area contributed by atoms with Gasteiger partial charge in [0.05, 0.1) is 34.2 Å². The molecule has 1 saturated heterocycles. The minimum Gasteiger partial charge on any atom is -0.367 e. The molecule has 1 aliphatic rings. The first-order valence-corrected chi connectivity index (χ1v) is 10.5. The molecule has 5 rings (SSSR count). The van der Waals surface area contributed by atoms with Crippen LogP contribution in [0.2, 0.25) is 0 Å². The molecule has 0 bridgehead atoms. The van der Waals surface area contributed by atoms with E-state index in [-0.39, 0.29) is 11.4 Å². The maximum Gasteiger partial charge on any atom is 0.258 e. The first-order chi connectivity index (χ1) is 15.5. The standard InChI is InChI=1S/C24H21FN6O/c1-15-10-17(25)11-19-22(15)27-13-16(12-26)23(19)31-8-6-30(7-9-31)14-21-28-20-5-3-2-4-18(20)24(32)29-21/h2-5,10-11,13H,6-9,14H2,1H3,(H,28,29,32). The van der Waals surface area contributed by atoms with Crippen LogP contribution < -0.4 is 10.5 Å². The summed E-state index contributed by atoms with van der Waals surface area (Å²) in [5, 5.41) is 10.9. The Kier molecular flexibility index (Phi) is 5.04. The minimum atomic E-state index is -0.335.